The highest BCUT2D eigenvalue weighted by Gasteiger charge is 2.27. The lowest BCUT2D eigenvalue weighted by Gasteiger charge is -2.26. The van der Waals surface area contributed by atoms with Gasteiger partial charge in [0, 0.05) is 11.5 Å². The number of carbonyl (C=O) groups is 4. The molecule has 0 spiro atoms. The van der Waals surface area contributed by atoms with E-state index in [0.29, 0.717) is 24.0 Å². The predicted octanol–water partition coefficient (Wildman–Crippen LogP) is 4.71. The van der Waals surface area contributed by atoms with Gasteiger partial charge in [-0.2, -0.15) is 0 Å². The van der Waals surface area contributed by atoms with Crippen molar-refractivity contribution in [2.45, 2.75) is 58.8 Å². The van der Waals surface area contributed by atoms with Crippen LogP contribution in [0.5, 0.6) is 0 Å². The van der Waals surface area contributed by atoms with E-state index in [9.17, 15) is 19.2 Å². The number of ketones is 2. The van der Waals surface area contributed by atoms with Gasteiger partial charge in [-0.05, 0) is 44.4 Å². The molecule has 32 heavy (non-hydrogen) atoms. The number of hydrogen-bond acceptors (Lipinski definition) is 6. The molecule has 0 saturated heterocycles. The standard InChI is InChI=1S/C17H20O3.C9H14O3/c1-12-8-9-15(13(2)10-12)11-20-17(19)16(18)14-6-4-3-5-7-14;1-12-9(11)8(10)7-5-3-2-4-6-7/h3-7,10,13,15H,8-9,11H2,1-2H3;7H,2-6H2,1H3. The zero-order valence-corrected chi connectivity index (χ0v) is 19.3. The molecule has 2 unspecified atom stereocenters. The van der Waals surface area contributed by atoms with E-state index >= 15 is 0 Å². The zero-order chi connectivity index (χ0) is 23.5. The summed E-state index contributed by atoms with van der Waals surface area (Å²) in [6, 6.07) is 8.52. The number of methoxy groups -OCH3 is 1. The van der Waals surface area contributed by atoms with Gasteiger partial charge in [0.2, 0.25) is 5.78 Å². The van der Waals surface area contributed by atoms with Crippen LogP contribution in [0.15, 0.2) is 42.0 Å². The van der Waals surface area contributed by atoms with Crippen LogP contribution >= 0.6 is 0 Å². The molecule has 6 heteroatoms. The molecular weight excluding hydrogens is 408 g/mol. The Kier molecular flexibility index (Phi) is 10.3. The van der Waals surface area contributed by atoms with Gasteiger partial charge in [0.1, 0.15) is 0 Å². The third-order valence-corrected chi connectivity index (χ3v) is 6.21. The highest BCUT2D eigenvalue weighted by molar-refractivity contribution is 6.40. The third kappa shape index (κ3) is 7.74. The van der Waals surface area contributed by atoms with Crippen molar-refractivity contribution in [2.24, 2.45) is 17.8 Å². The molecule has 2 atom stereocenters. The summed E-state index contributed by atoms with van der Waals surface area (Å²) < 4.78 is 9.56. The van der Waals surface area contributed by atoms with E-state index in [2.05, 4.69) is 24.7 Å². The lowest BCUT2D eigenvalue weighted by Crippen LogP contribution is -2.26. The molecule has 0 aliphatic heterocycles. The highest BCUT2D eigenvalue weighted by Crippen LogP contribution is 2.28. The fourth-order valence-electron chi connectivity index (χ4n) is 4.17. The van der Waals surface area contributed by atoms with Crippen LogP contribution in [-0.4, -0.2) is 37.2 Å². The molecule has 0 heterocycles. The van der Waals surface area contributed by atoms with Gasteiger partial charge in [-0.25, -0.2) is 9.59 Å². The van der Waals surface area contributed by atoms with E-state index in [-0.39, 0.29) is 11.7 Å². The van der Waals surface area contributed by atoms with E-state index in [4.69, 9.17) is 4.74 Å². The molecule has 1 aromatic carbocycles. The Balaban J connectivity index is 0.000000258. The third-order valence-electron chi connectivity index (χ3n) is 6.21. The molecule has 2 aliphatic rings. The normalized spacial score (nSPS) is 20.8. The lowest BCUT2D eigenvalue weighted by molar-refractivity contribution is -0.154. The van der Waals surface area contributed by atoms with Crippen LogP contribution in [0.1, 0.15) is 69.2 Å². The van der Waals surface area contributed by atoms with Crippen LogP contribution in [-0.2, 0) is 23.9 Å². The summed E-state index contributed by atoms with van der Waals surface area (Å²) in [7, 11) is 1.25. The second-order valence-corrected chi connectivity index (χ2v) is 8.66. The summed E-state index contributed by atoms with van der Waals surface area (Å²) in [5.41, 5.74) is 1.77. The van der Waals surface area contributed by atoms with Crippen LogP contribution in [0.4, 0.5) is 0 Å². The van der Waals surface area contributed by atoms with Gasteiger partial charge in [0.25, 0.3) is 5.78 Å². The summed E-state index contributed by atoms with van der Waals surface area (Å²) in [6.45, 7) is 4.57. The molecule has 3 rings (SSSR count). The van der Waals surface area contributed by atoms with Crippen LogP contribution in [0.3, 0.4) is 0 Å². The van der Waals surface area contributed by atoms with Crippen molar-refractivity contribution >= 4 is 23.5 Å². The maximum absolute atomic E-state index is 11.9. The average Bonchev–Trinajstić information content (AvgIpc) is 2.83. The first-order valence-electron chi connectivity index (χ1n) is 11.4. The number of esters is 2. The molecule has 1 fully saturated rings. The lowest BCUT2D eigenvalue weighted by atomic mass is 9.83. The van der Waals surface area contributed by atoms with Crippen molar-refractivity contribution in [3.05, 3.63) is 47.5 Å². The fourth-order valence-corrected chi connectivity index (χ4v) is 4.17. The monoisotopic (exact) mass is 442 g/mol. The Morgan fingerprint density at radius 3 is 2.19 bits per heavy atom. The largest absolute Gasteiger partial charge is 0.463 e. The Hall–Kier alpha value is -2.76. The molecule has 0 bridgehead atoms. The zero-order valence-electron chi connectivity index (χ0n) is 19.3. The maximum atomic E-state index is 11.9. The smallest absolute Gasteiger partial charge is 0.379 e. The van der Waals surface area contributed by atoms with Gasteiger partial charge in [-0.3, -0.25) is 9.59 Å². The average molecular weight is 443 g/mol. The van der Waals surface area contributed by atoms with Crippen molar-refractivity contribution in [1.82, 2.24) is 0 Å². The second-order valence-electron chi connectivity index (χ2n) is 8.66. The highest BCUT2D eigenvalue weighted by atomic mass is 16.5. The Bertz CT molecular complexity index is 820. The van der Waals surface area contributed by atoms with Crippen LogP contribution in [0.2, 0.25) is 0 Å². The van der Waals surface area contributed by atoms with Crippen molar-refractivity contribution < 1.29 is 28.7 Å². The minimum absolute atomic E-state index is 0.0637. The summed E-state index contributed by atoms with van der Waals surface area (Å²) in [6.07, 6.45) is 9.30. The van der Waals surface area contributed by atoms with Gasteiger partial charge in [-0.1, -0.05) is 68.2 Å². The van der Waals surface area contributed by atoms with Crippen LogP contribution in [0.25, 0.3) is 0 Å². The van der Waals surface area contributed by atoms with Crippen molar-refractivity contribution in [2.75, 3.05) is 13.7 Å². The minimum atomic E-state index is -0.755. The van der Waals surface area contributed by atoms with Gasteiger partial charge in [0.05, 0.1) is 13.7 Å². The second kappa shape index (κ2) is 12.9. The van der Waals surface area contributed by atoms with E-state index in [1.807, 2.05) is 0 Å². The Morgan fingerprint density at radius 2 is 1.59 bits per heavy atom. The van der Waals surface area contributed by atoms with Gasteiger partial charge in [0.15, 0.2) is 0 Å². The topological polar surface area (TPSA) is 86.7 Å². The first kappa shape index (κ1) is 25.5. The molecule has 0 radical (unpaired) electrons. The number of ether oxygens (including phenoxy) is 2. The van der Waals surface area contributed by atoms with E-state index in [0.717, 1.165) is 38.5 Å². The Morgan fingerprint density at radius 1 is 0.938 bits per heavy atom. The van der Waals surface area contributed by atoms with Crippen molar-refractivity contribution in [3.8, 4) is 0 Å². The van der Waals surface area contributed by atoms with Crippen LogP contribution < -0.4 is 0 Å². The summed E-state index contributed by atoms with van der Waals surface area (Å²) >= 11 is 0. The van der Waals surface area contributed by atoms with E-state index in [1.54, 1.807) is 30.3 Å². The number of Topliss-reactive ketones (excluding diaryl/α,β-unsaturated/α-hetero) is 2. The summed E-state index contributed by atoms with van der Waals surface area (Å²) in [4.78, 5) is 45.7. The Labute approximate surface area is 190 Å². The number of rotatable bonds is 6. The molecule has 0 amide bonds. The molecule has 1 saturated carbocycles. The maximum Gasteiger partial charge on any atom is 0.379 e. The van der Waals surface area contributed by atoms with Crippen molar-refractivity contribution in [1.29, 1.82) is 0 Å². The molecular formula is C26H34O6. The predicted molar refractivity (Wildman–Crippen MR) is 121 cm³/mol. The van der Waals surface area contributed by atoms with E-state index < -0.39 is 17.7 Å². The van der Waals surface area contributed by atoms with Crippen LogP contribution in [0, 0.1) is 17.8 Å². The summed E-state index contributed by atoms with van der Waals surface area (Å²) in [5.74, 6) is -1.70. The molecule has 6 nitrogen and oxygen atoms in total. The van der Waals surface area contributed by atoms with Gasteiger partial charge in [-0.15, -0.1) is 0 Å². The number of allylic oxidation sites excluding steroid dienone is 2. The summed E-state index contributed by atoms with van der Waals surface area (Å²) in [5, 5.41) is 0. The quantitative estimate of drug-likeness (QED) is 0.274. The molecule has 174 valence electrons. The fraction of sp³-hybridized carbons (Fsp3) is 0.538. The molecule has 0 aromatic heterocycles. The first-order chi connectivity index (χ1) is 15.3. The van der Waals surface area contributed by atoms with Gasteiger partial charge < -0.3 is 9.47 Å². The molecule has 1 aromatic rings. The first-order valence-corrected chi connectivity index (χ1v) is 11.4. The number of hydrogen-bond donors (Lipinski definition) is 0. The molecule has 0 N–H and O–H groups in total. The molecule has 2 aliphatic carbocycles. The van der Waals surface area contributed by atoms with Gasteiger partial charge >= 0.3 is 11.9 Å². The minimum Gasteiger partial charge on any atom is -0.463 e. The SMILES string of the molecule is CC1=CC(C)C(COC(=O)C(=O)c2ccccc2)CC1.COC(=O)C(=O)C1CCCCC1. The number of carbonyl (C=O) groups excluding carboxylic acids is 4. The van der Waals surface area contributed by atoms with E-state index in [1.165, 1.54) is 19.1 Å². The van der Waals surface area contributed by atoms with Crippen molar-refractivity contribution in [3.63, 3.8) is 0 Å². The number of benzene rings is 1.